The molecule has 0 aromatic carbocycles. The molecule has 1 saturated carbocycles. The van der Waals surface area contributed by atoms with E-state index in [1.54, 1.807) is 10.6 Å². The fraction of sp³-hybridized carbons (Fsp3) is 0.533. The Morgan fingerprint density at radius 1 is 1.33 bits per heavy atom. The zero-order valence-electron chi connectivity index (χ0n) is 13.7. The van der Waals surface area contributed by atoms with Gasteiger partial charge in [0.1, 0.15) is 0 Å². The SMILES string of the molecule is CC(C)n1cnc(S(=O)(=O)NCCn2nc(C3CC3)ccc2=O)c1. The number of nitrogens with one attached hydrogen (secondary N) is 1. The Balaban J connectivity index is 1.64. The standard InChI is InChI=1S/C15H21N5O3S/c1-11(2)19-9-14(16-10-19)24(22,23)17-7-8-20-15(21)6-5-13(18-20)12-3-4-12/h5-6,9-12,17H,3-4,7-8H2,1-2H3. The van der Waals surface area contributed by atoms with Gasteiger partial charge in [-0.3, -0.25) is 4.79 Å². The molecule has 0 aliphatic heterocycles. The third kappa shape index (κ3) is 3.73. The van der Waals surface area contributed by atoms with E-state index in [2.05, 4.69) is 14.8 Å². The molecule has 0 amide bonds. The first-order valence-electron chi connectivity index (χ1n) is 7.98. The predicted octanol–water partition coefficient (Wildman–Crippen LogP) is 0.877. The number of hydrogen-bond acceptors (Lipinski definition) is 5. The molecule has 1 aliphatic rings. The van der Waals surface area contributed by atoms with E-state index in [9.17, 15) is 13.2 Å². The summed E-state index contributed by atoms with van der Waals surface area (Å²) in [6.45, 7) is 4.15. The first-order valence-corrected chi connectivity index (χ1v) is 9.46. The molecule has 0 bridgehead atoms. The third-order valence-corrected chi connectivity index (χ3v) is 5.29. The van der Waals surface area contributed by atoms with Crippen LogP contribution in [0.3, 0.4) is 0 Å². The lowest BCUT2D eigenvalue weighted by molar-refractivity contribution is 0.539. The zero-order valence-corrected chi connectivity index (χ0v) is 14.5. The fourth-order valence-corrected chi connectivity index (χ4v) is 3.27. The molecule has 9 heteroatoms. The van der Waals surface area contributed by atoms with E-state index < -0.39 is 10.0 Å². The molecule has 0 saturated heterocycles. The van der Waals surface area contributed by atoms with Crippen molar-refractivity contribution >= 4 is 10.0 Å². The van der Waals surface area contributed by atoms with Crippen LogP contribution >= 0.6 is 0 Å². The molecule has 2 aromatic heterocycles. The fourth-order valence-electron chi connectivity index (χ4n) is 2.32. The van der Waals surface area contributed by atoms with Crippen LogP contribution < -0.4 is 10.3 Å². The second-order valence-electron chi connectivity index (χ2n) is 6.24. The Morgan fingerprint density at radius 2 is 2.08 bits per heavy atom. The molecule has 8 nitrogen and oxygen atoms in total. The first kappa shape index (κ1) is 16.8. The smallest absolute Gasteiger partial charge is 0.266 e. The Bertz CT molecular complexity index is 881. The van der Waals surface area contributed by atoms with Crippen molar-refractivity contribution < 1.29 is 8.42 Å². The number of aromatic nitrogens is 4. The van der Waals surface area contributed by atoms with Crippen LogP contribution in [0.2, 0.25) is 0 Å². The van der Waals surface area contributed by atoms with E-state index in [4.69, 9.17) is 0 Å². The molecule has 3 rings (SSSR count). The number of nitrogens with zero attached hydrogens (tertiary/aromatic N) is 4. The number of rotatable bonds is 7. The normalized spacial score (nSPS) is 15.1. The van der Waals surface area contributed by atoms with Crippen molar-refractivity contribution in [3.8, 4) is 0 Å². The maximum absolute atomic E-state index is 12.2. The molecule has 24 heavy (non-hydrogen) atoms. The molecule has 1 fully saturated rings. The minimum absolute atomic E-state index is 0.0248. The second kappa shape index (κ2) is 6.48. The van der Waals surface area contributed by atoms with Crippen LogP contribution in [0.25, 0.3) is 0 Å². The minimum atomic E-state index is -3.70. The summed E-state index contributed by atoms with van der Waals surface area (Å²) in [6, 6.07) is 3.37. The largest absolute Gasteiger partial charge is 0.334 e. The van der Waals surface area contributed by atoms with Gasteiger partial charge < -0.3 is 4.57 Å². The summed E-state index contributed by atoms with van der Waals surface area (Å²) in [5.74, 6) is 0.438. The van der Waals surface area contributed by atoms with Crippen LogP contribution in [0.1, 0.15) is 44.3 Å². The lowest BCUT2D eigenvalue weighted by Gasteiger charge is -2.08. The van der Waals surface area contributed by atoms with E-state index in [-0.39, 0.29) is 29.7 Å². The quantitative estimate of drug-likeness (QED) is 0.798. The van der Waals surface area contributed by atoms with Crippen LogP contribution in [-0.4, -0.2) is 34.3 Å². The molecular formula is C15H21N5O3S. The van der Waals surface area contributed by atoms with Gasteiger partial charge in [0.25, 0.3) is 15.6 Å². The van der Waals surface area contributed by atoms with Crippen LogP contribution in [0.15, 0.2) is 34.5 Å². The van der Waals surface area contributed by atoms with E-state index in [0.29, 0.717) is 5.92 Å². The van der Waals surface area contributed by atoms with Crippen molar-refractivity contribution in [2.75, 3.05) is 6.54 Å². The summed E-state index contributed by atoms with van der Waals surface area (Å²) in [7, 11) is -3.70. The van der Waals surface area contributed by atoms with Crippen molar-refractivity contribution in [1.29, 1.82) is 0 Å². The van der Waals surface area contributed by atoms with Gasteiger partial charge in [-0.1, -0.05) is 0 Å². The van der Waals surface area contributed by atoms with Gasteiger partial charge in [0.2, 0.25) is 0 Å². The first-order chi connectivity index (χ1) is 11.4. The van der Waals surface area contributed by atoms with E-state index >= 15 is 0 Å². The van der Waals surface area contributed by atoms with Crippen LogP contribution in [0.5, 0.6) is 0 Å². The summed E-state index contributed by atoms with van der Waals surface area (Å²) >= 11 is 0. The highest BCUT2D eigenvalue weighted by Gasteiger charge is 2.25. The van der Waals surface area contributed by atoms with E-state index in [1.165, 1.54) is 23.3 Å². The molecule has 1 aliphatic carbocycles. The van der Waals surface area contributed by atoms with Gasteiger partial charge in [0, 0.05) is 30.8 Å². The Morgan fingerprint density at radius 3 is 2.71 bits per heavy atom. The van der Waals surface area contributed by atoms with Crippen LogP contribution in [0.4, 0.5) is 0 Å². The molecule has 0 unspecified atom stereocenters. The zero-order chi connectivity index (χ0) is 17.3. The average molecular weight is 351 g/mol. The van der Waals surface area contributed by atoms with Crippen molar-refractivity contribution in [3.05, 3.63) is 40.7 Å². The molecular weight excluding hydrogens is 330 g/mol. The highest BCUT2D eigenvalue weighted by atomic mass is 32.2. The summed E-state index contributed by atoms with van der Waals surface area (Å²) in [6.07, 6.45) is 5.17. The summed E-state index contributed by atoms with van der Waals surface area (Å²) in [5.41, 5.74) is 0.663. The van der Waals surface area contributed by atoms with Crippen molar-refractivity contribution in [1.82, 2.24) is 24.1 Å². The van der Waals surface area contributed by atoms with E-state index in [0.717, 1.165) is 18.5 Å². The summed E-state index contributed by atoms with van der Waals surface area (Å²) in [4.78, 5) is 15.8. The van der Waals surface area contributed by atoms with Crippen molar-refractivity contribution in [3.63, 3.8) is 0 Å². The summed E-state index contributed by atoms with van der Waals surface area (Å²) in [5, 5.41) is 4.28. The molecule has 0 atom stereocenters. The van der Waals surface area contributed by atoms with Crippen LogP contribution in [-0.2, 0) is 16.6 Å². The van der Waals surface area contributed by atoms with Gasteiger partial charge in [-0.15, -0.1) is 0 Å². The van der Waals surface area contributed by atoms with Gasteiger partial charge in [-0.25, -0.2) is 22.8 Å². The number of imidazole rings is 1. The second-order valence-corrected chi connectivity index (χ2v) is 7.96. The topological polar surface area (TPSA) is 98.9 Å². The Hall–Kier alpha value is -2.00. The molecule has 2 heterocycles. The lowest BCUT2D eigenvalue weighted by Crippen LogP contribution is -2.32. The van der Waals surface area contributed by atoms with Gasteiger partial charge >= 0.3 is 0 Å². The highest BCUT2D eigenvalue weighted by Crippen LogP contribution is 2.38. The van der Waals surface area contributed by atoms with Gasteiger partial charge in [-0.05, 0) is 32.8 Å². The maximum atomic E-state index is 12.2. The average Bonchev–Trinajstić information content (AvgIpc) is 3.24. The van der Waals surface area contributed by atoms with Crippen molar-refractivity contribution in [2.45, 2.75) is 50.2 Å². The molecule has 2 aromatic rings. The third-order valence-electron chi connectivity index (χ3n) is 3.95. The summed E-state index contributed by atoms with van der Waals surface area (Å²) < 4.78 is 30.0. The lowest BCUT2D eigenvalue weighted by atomic mass is 10.3. The molecule has 0 radical (unpaired) electrons. The number of hydrogen-bond donors (Lipinski definition) is 1. The molecule has 0 spiro atoms. The number of sulfonamides is 1. The highest BCUT2D eigenvalue weighted by molar-refractivity contribution is 7.89. The molecule has 1 N–H and O–H groups in total. The van der Waals surface area contributed by atoms with Gasteiger partial charge in [-0.2, -0.15) is 5.10 Å². The molecule has 130 valence electrons. The van der Waals surface area contributed by atoms with Crippen LogP contribution in [0, 0.1) is 0 Å². The van der Waals surface area contributed by atoms with Gasteiger partial charge in [0.15, 0.2) is 5.03 Å². The van der Waals surface area contributed by atoms with E-state index in [1.807, 2.05) is 13.8 Å². The van der Waals surface area contributed by atoms with Crippen molar-refractivity contribution in [2.24, 2.45) is 0 Å². The minimum Gasteiger partial charge on any atom is -0.334 e. The maximum Gasteiger partial charge on any atom is 0.266 e. The predicted molar refractivity (Wildman–Crippen MR) is 88.3 cm³/mol. The Labute approximate surface area is 140 Å². The Kier molecular flexibility index (Phi) is 4.55. The monoisotopic (exact) mass is 351 g/mol. The van der Waals surface area contributed by atoms with Gasteiger partial charge in [0.05, 0.1) is 18.6 Å².